The maximum atomic E-state index is 8.85. The molecule has 0 aromatic rings. The van der Waals surface area contributed by atoms with Crippen LogP contribution in [0.25, 0.3) is 0 Å². The highest BCUT2D eigenvalue weighted by molar-refractivity contribution is 6.94. The van der Waals surface area contributed by atoms with Gasteiger partial charge in [0.2, 0.25) is 0 Å². The number of aliphatic hydroxyl groups excluding tert-OH is 1. The highest BCUT2D eigenvalue weighted by Crippen LogP contribution is 2.22. The van der Waals surface area contributed by atoms with E-state index in [-0.39, 0.29) is 0 Å². The molecule has 1 nitrogen and oxygen atoms in total. The molecule has 0 aliphatic rings. The largest absolute Gasteiger partial charge is 0.397 e. The monoisotopic (exact) mass is 190 g/mol. The smallest absolute Gasteiger partial charge is 0.0470 e. The minimum atomic E-state index is -1.03. The fraction of sp³-hybridized carbons (Fsp3) is 1.00. The van der Waals surface area contributed by atoms with Crippen LogP contribution in [0.2, 0.25) is 44.4 Å². The van der Waals surface area contributed by atoms with Crippen molar-refractivity contribution in [1.82, 2.24) is 0 Å². The normalized spacial score (nSPS) is 13.6. The first kappa shape index (κ1) is 11.4. The van der Waals surface area contributed by atoms with Crippen molar-refractivity contribution in [3.8, 4) is 0 Å². The van der Waals surface area contributed by atoms with Crippen molar-refractivity contribution >= 4 is 16.1 Å². The third-order valence-corrected chi connectivity index (χ3v) is 11.4. The molecular formula is C8H22OSi2. The predicted octanol–water partition coefficient (Wildman–Crippen LogP) is 2.56. The highest BCUT2D eigenvalue weighted by atomic mass is 28.4. The van der Waals surface area contributed by atoms with E-state index in [1.54, 1.807) is 0 Å². The zero-order valence-electron chi connectivity index (χ0n) is 8.57. The molecule has 0 fully saturated rings. The molecule has 0 saturated heterocycles. The van der Waals surface area contributed by atoms with E-state index in [4.69, 9.17) is 5.11 Å². The summed E-state index contributed by atoms with van der Waals surface area (Å²) >= 11 is 0. The van der Waals surface area contributed by atoms with Crippen LogP contribution in [0.3, 0.4) is 0 Å². The Hall–Kier alpha value is 0.394. The molecule has 0 saturated carbocycles. The summed E-state index contributed by atoms with van der Waals surface area (Å²) in [5, 5.41) is 8.85. The molecule has 0 atom stereocenters. The number of aliphatic hydroxyl groups is 1. The summed E-state index contributed by atoms with van der Waals surface area (Å²) in [5.41, 5.74) is 1.44. The van der Waals surface area contributed by atoms with Crippen molar-refractivity contribution in [1.29, 1.82) is 0 Å². The van der Waals surface area contributed by atoms with Crippen molar-refractivity contribution < 1.29 is 5.11 Å². The number of rotatable bonds is 4. The van der Waals surface area contributed by atoms with Crippen molar-refractivity contribution in [2.75, 3.05) is 6.61 Å². The lowest BCUT2D eigenvalue weighted by molar-refractivity contribution is 0.316. The van der Waals surface area contributed by atoms with Crippen molar-refractivity contribution in [3.05, 3.63) is 0 Å². The van der Waals surface area contributed by atoms with E-state index >= 15 is 0 Å². The SMILES string of the molecule is C[Si](C)(C)C[Si](C)(C)CCO. The van der Waals surface area contributed by atoms with E-state index in [0.29, 0.717) is 6.61 Å². The van der Waals surface area contributed by atoms with Crippen LogP contribution in [-0.2, 0) is 0 Å². The van der Waals surface area contributed by atoms with Crippen LogP contribution in [0.5, 0.6) is 0 Å². The Morgan fingerprint density at radius 2 is 1.45 bits per heavy atom. The summed E-state index contributed by atoms with van der Waals surface area (Å²) < 4.78 is 0. The second-order valence-corrected chi connectivity index (χ2v) is 16.7. The van der Waals surface area contributed by atoms with E-state index in [1.165, 1.54) is 5.67 Å². The first-order chi connectivity index (χ1) is 4.77. The average molecular weight is 190 g/mol. The molecule has 0 amide bonds. The lowest BCUT2D eigenvalue weighted by Gasteiger charge is -2.28. The van der Waals surface area contributed by atoms with Gasteiger partial charge in [0.15, 0.2) is 0 Å². The summed E-state index contributed by atoms with van der Waals surface area (Å²) in [7, 11) is -1.91. The summed E-state index contributed by atoms with van der Waals surface area (Å²) in [4.78, 5) is 0. The molecule has 1 N–H and O–H groups in total. The lowest BCUT2D eigenvalue weighted by Crippen LogP contribution is -2.37. The van der Waals surface area contributed by atoms with Crippen LogP contribution in [0.1, 0.15) is 0 Å². The van der Waals surface area contributed by atoms with Crippen LogP contribution in [-0.4, -0.2) is 27.9 Å². The Balaban J connectivity index is 3.91. The fourth-order valence-corrected chi connectivity index (χ4v) is 14.6. The second-order valence-electron chi connectivity index (χ2n) is 5.38. The second kappa shape index (κ2) is 3.87. The predicted molar refractivity (Wildman–Crippen MR) is 57.5 cm³/mol. The highest BCUT2D eigenvalue weighted by Gasteiger charge is 2.27. The summed E-state index contributed by atoms with van der Waals surface area (Å²) in [6, 6.07) is 1.08. The first-order valence-electron chi connectivity index (χ1n) is 4.38. The minimum absolute atomic E-state index is 0.393. The summed E-state index contributed by atoms with van der Waals surface area (Å²) in [5.74, 6) is 0. The number of hydrogen-bond acceptors (Lipinski definition) is 1. The van der Waals surface area contributed by atoms with Crippen LogP contribution < -0.4 is 0 Å². The molecule has 0 aromatic carbocycles. The van der Waals surface area contributed by atoms with Gasteiger partial charge in [0, 0.05) is 22.8 Å². The molecule has 3 heteroatoms. The van der Waals surface area contributed by atoms with E-state index < -0.39 is 16.1 Å². The molecule has 0 rings (SSSR count). The summed E-state index contributed by atoms with van der Waals surface area (Å²) in [6.45, 7) is 12.4. The quantitative estimate of drug-likeness (QED) is 0.676. The van der Waals surface area contributed by atoms with E-state index in [0.717, 1.165) is 6.04 Å². The molecule has 11 heavy (non-hydrogen) atoms. The van der Waals surface area contributed by atoms with E-state index in [1.807, 2.05) is 0 Å². The molecule has 0 spiro atoms. The van der Waals surface area contributed by atoms with Crippen LogP contribution in [0, 0.1) is 0 Å². The van der Waals surface area contributed by atoms with E-state index in [9.17, 15) is 0 Å². The maximum absolute atomic E-state index is 8.85. The Kier molecular flexibility index (Phi) is 4.01. The summed E-state index contributed by atoms with van der Waals surface area (Å²) in [6.07, 6.45) is 0. The van der Waals surface area contributed by atoms with Gasteiger partial charge in [0.1, 0.15) is 0 Å². The van der Waals surface area contributed by atoms with E-state index in [2.05, 4.69) is 32.7 Å². The van der Waals surface area contributed by atoms with Crippen LogP contribution in [0.4, 0.5) is 0 Å². The van der Waals surface area contributed by atoms with Crippen LogP contribution >= 0.6 is 0 Å². The molecule has 0 aliphatic heterocycles. The van der Waals surface area contributed by atoms with Gasteiger partial charge >= 0.3 is 0 Å². The van der Waals surface area contributed by atoms with Gasteiger partial charge < -0.3 is 5.11 Å². The van der Waals surface area contributed by atoms with Gasteiger partial charge in [-0.3, -0.25) is 0 Å². The Labute approximate surface area is 72.9 Å². The molecule has 0 aliphatic carbocycles. The zero-order chi connectivity index (χ0) is 9.12. The van der Waals surface area contributed by atoms with Gasteiger partial charge in [0.25, 0.3) is 0 Å². The third kappa shape index (κ3) is 6.78. The molecule has 0 bridgehead atoms. The topological polar surface area (TPSA) is 20.2 Å². The van der Waals surface area contributed by atoms with Gasteiger partial charge in [-0.2, -0.15) is 0 Å². The number of hydrogen-bond donors (Lipinski definition) is 1. The molecule has 0 aromatic heterocycles. The standard InChI is InChI=1S/C8H22OSi2/c1-10(2,3)8-11(4,5)7-6-9/h9H,6-8H2,1-5H3. The van der Waals surface area contributed by atoms with Crippen molar-refractivity contribution in [2.45, 2.75) is 44.4 Å². The molecule has 0 radical (unpaired) electrons. The molecule has 68 valence electrons. The van der Waals surface area contributed by atoms with Gasteiger partial charge in [-0.15, -0.1) is 0 Å². The van der Waals surface area contributed by atoms with Gasteiger partial charge in [-0.1, -0.05) is 38.4 Å². The lowest BCUT2D eigenvalue weighted by atomic mass is 10.9. The Bertz CT molecular complexity index is 116. The Morgan fingerprint density at radius 3 is 1.73 bits per heavy atom. The fourth-order valence-electron chi connectivity index (χ4n) is 1.83. The van der Waals surface area contributed by atoms with Gasteiger partial charge in [0.05, 0.1) is 0 Å². The van der Waals surface area contributed by atoms with Gasteiger partial charge in [-0.25, -0.2) is 0 Å². The van der Waals surface area contributed by atoms with Crippen molar-refractivity contribution in [2.24, 2.45) is 0 Å². The third-order valence-electron chi connectivity index (χ3n) is 1.80. The van der Waals surface area contributed by atoms with Crippen molar-refractivity contribution in [3.63, 3.8) is 0 Å². The average Bonchev–Trinajstić information content (AvgIpc) is 1.55. The Morgan fingerprint density at radius 1 is 1.00 bits per heavy atom. The molecule has 0 unspecified atom stereocenters. The zero-order valence-corrected chi connectivity index (χ0v) is 10.6. The van der Waals surface area contributed by atoms with Gasteiger partial charge in [-0.05, 0) is 6.04 Å². The molecule has 0 heterocycles. The van der Waals surface area contributed by atoms with Crippen LogP contribution in [0.15, 0.2) is 0 Å². The molecular weight excluding hydrogens is 168 g/mol. The maximum Gasteiger partial charge on any atom is 0.0470 e. The first-order valence-corrected chi connectivity index (χ1v) is 11.5. The minimum Gasteiger partial charge on any atom is -0.397 e.